The summed E-state index contributed by atoms with van der Waals surface area (Å²) in [5.74, 6) is 0.0635. The lowest BCUT2D eigenvalue weighted by atomic mass is 10.1. The Morgan fingerprint density at radius 2 is 2.31 bits per heavy atom. The van der Waals surface area contributed by atoms with Crippen LogP contribution in [-0.4, -0.2) is 19.1 Å². The smallest absolute Gasteiger partial charge is 0.0671 e. The predicted molar refractivity (Wildman–Crippen MR) is 66.5 cm³/mol. The quantitative estimate of drug-likeness (QED) is 0.823. The third-order valence-electron chi connectivity index (χ3n) is 3.02. The van der Waals surface area contributed by atoms with E-state index in [0.717, 1.165) is 13.1 Å². The summed E-state index contributed by atoms with van der Waals surface area (Å²) < 4.78 is 0. The molecule has 1 aromatic rings. The minimum atomic E-state index is 0.0635. The number of nitrogens with zero attached hydrogens (tertiary/aromatic N) is 2. The van der Waals surface area contributed by atoms with Crippen molar-refractivity contribution >= 4 is 11.4 Å². The minimum absolute atomic E-state index is 0.0635. The van der Waals surface area contributed by atoms with Crippen LogP contribution in [0.25, 0.3) is 0 Å². The third kappa shape index (κ3) is 1.96. The lowest BCUT2D eigenvalue weighted by Crippen LogP contribution is -2.44. The van der Waals surface area contributed by atoms with E-state index in [2.05, 4.69) is 35.3 Å². The first kappa shape index (κ1) is 10.8. The second kappa shape index (κ2) is 4.44. The Bertz CT molecular complexity index is 408. The summed E-state index contributed by atoms with van der Waals surface area (Å²) in [6, 6.07) is 11.0. The first-order chi connectivity index (χ1) is 7.72. The highest BCUT2D eigenvalue weighted by Crippen LogP contribution is 2.31. The molecule has 0 amide bonds. The van der Waals surface area contributed by atoms with Gasteiger partial charge in [0.05, 0.1) is 23.4 Å². The van der Waals surface area contributed by atoms with Crippen LogP contribution in [0.4, 0.5) is 11.4 Å². The van der Waals surface area contributed by atoms with Gasteiger partial charge in [-0.1, -0.05) is 12.1 Å². The number of para-hydroxylation sites is 2. The van der Waals surface area contributed by atoms with Gasteiger partial charge >= 0.3 is 0 Å². The van der Waals surface area contributed by atoms with Gasteiger partial charge in [0, 0.05) is 19.1 Å². The van der Waals surface area contributed by atoms with Gasteiger partial charge in [0.15, 0.2) is 0 Å². The molecule has 16 heavy (non-hydrogen) atoms. The fraction of sp³-hybridized carbons (Fsp3) is 0.462. The van der Waals surface area contributed by atoms with Crippen LogP contribution in [-0.2, 0) is 0 Å². The summed E-state index contributed by atoms with van der Waals surface area (Å²) >= 11 is 0. The van der Waals surface area contributed by atoms with Gasteiger partial charge in [-0.05, 0) is 26.0 Å². The van der Waals surface area contributed by atoms with Gasteiger partial charge in [-0.2, -0.15) is 5.26 Å². The molecule has 0 radical (unpaired) electrons. The lowest BCUT2D eigenvalue weighted by Gasteiger charge is -2.38. The fourth-order valence-electron chi connectivity index (χ4n) is 2.09. The molecule has 2 rings (SSSR count). The Morgan fingerprint density at radius 3 is 3.06 bits per heavy atom. The van der Waals surface area contributed by atoms with Crippen molar-refractivity contribution in [2.24, 2.45) is 5.92 Å². The Labute approximate surface area is 96.7 Å². The van der Waals surface area contributed by atoms with Crippen LogP contribution in [0.5, 0.6) is 0 Å². The van der Waals surface area contributed by atoms with E-state index in [1.807, 2.05) is 19.1 Å². The Morgan fingerprint density at radius 1 is 1.56 bits per heavy atom. The molecule has 0 bridgehead atoms. The molecule has 1 aromatic carbocycles. The van der Waals surface area contributed by atoms with Crippen molar-refractivity contribution in [1.82, 2.24) is 0 Å². The Balaban J connectivity index is 2.27. The Hall–Kier alpha value is -1.69. The van der Waals surface area contributed by atoms with Crippen LogP contribution in [0, 0.1) is 17.2 Å². The molecule has 2 unspecified atom stereocenters. The number of benzene rings is 1. The monoisotopic (exact) mass is 215 g/mol. The number of nitriles is 1. The standard InChI is InChI=1S/C13H17N3/c1-10(7-14)9-16-11(2)8-15-12-5-3-4-6-13(12)16/h3-6,10-11,15H,8-9H2,1-2H3. The first-order valence-electron chi connectivity index (χ1n) is 5.71. The maximum atomic E-state index is 8.91. The molecule has 0 spiro atoms. The molecule has 1 heterocycles. The maximum Gasteiger partial charge on any atom is 0.0671 e. The summed E-state index contributed by atoms with van der Waals surface area (Å²) in [7, 11) is 0. The maximum absolute atomic E-state index is 8.91. The lowest BCUT2D eigenvalue weighted by molar-refractivity contribution is 0.590. The number of rotatable bonds is 2. The fourth-order valence-corrected chi connectivity index (χ4v) is 2.09. The van der Waals surface area contributed by atoms with E-state index < -0.39 is 0 Å². The molecule has 0 fully saturated rings. The second-order valence-corrected chi connectivity index (χ2v) is 4.43. The second-order valence-electron chi connectivity index (χ2n) is 4.43. The van der Waals surface area contributed by atoms with Crippen LogP contribution in [0.1, 0.15) is 13.8 Å². The molecule has 84 valence electrons. The zero-order valence-electron chi connectivity index (χ0n) is 9.77. The van der Waals surface area contributed by atoms with Crippen LogP contribution >= 0.6 is 0 Å². The van der Waals surface area contributed by atoms with Crippen LogP contribution in [0.3, 0.4) is 0 Å². The zero-order valence-corrected chi connectivity index (χ0v) is 9.77. The number of hydrogen-bond donors (Lipinski definition) is 1. The van der Waals surface area contributed by atoms with Gasteiger partial charge < -0.3 is 10.2 Å². The van der Waals surface area contributed by atoms with E-state index in [1.165, 1.54) is 11.4 Å². The van der Waals surface area contributed by atoms with Crippen molar-refractivity contribution in [2.45, 2.75) is 19.9 Å². The summed E-state index contributed by atoms with van der Waals surface area (Å²) in [4.78, 5) is 2.32. The van der Waals surface area contributed by atoms with E-state index in [-0.39, 0.29) is 5.92 Å². The van der Waals surface area contributed by atoms with E-state index in [0.29, 0.717) is 6.04 Å². The van der Waals surface area contributed by atoms with Crippen LogP contribution in [0.15, 0.2) is 24.3 Å². The van der Waals surface area contributed by atoms with E-state index >= 15 is 0 Å². The molecule has 1 N–H and O–H groups in total. The Kier molecular flexibility index (Phi) is 3.00. The average Bonchev–Trinajstić information content (AvgIpc) is 2.32. The molecular weight excluding hydrogens is 198 g/mol. The van der Waals surface area contributed by atoms with Crippen molar-refractivity contribution in [2.75, 3.05) is 23.3 Å². The molecule has 0 saturated heterocycles. The van der Waals surface area contributed by atoms with Crippen LogP contribution in [0.2, 0.25) is 0 Å². The van der Waals surface area contributed by atoms with Gasteiger partial charge in [0.2, 0.25) is 0 Å². The van der Waals surface area contributed by atoms with E-state index in [9.17, 15) is 0 Å². The van der Waals surface area contributed by atoms with Crippen molar-refractivity contribution in [3.63, 3.8) is 0 Å². The summed E-state index contributed by atoms with van der Waals surface area (Å²) in [5.41, 5.74) is 2.38. The van der Waals surface area contributed by atoms with E-state index in [1.54, 1.807) is 0 Å². The largest absolute Gasteiger partial charge is 0.381 e. The van der Waals surface area contributed by atoms with Gasteiger partial charge in [0.1, 0.15) is 0 Å². The molecule has 0 aromatic heterocycles. The predicted octanol–water partition coefficient (Wildman–Crippen LogP) is 2.47. The summed E-state index contributed by atoms with van der Waals surface area (Å²) in [6.45, 7) is 5.90. The highest BCUT2D eigenvalue weighted by atomic mass is 15.2. The molecule has 2 atom stereocenters. The van der Waals surface area contributed by atoms with E-state index in [4.69, 9.17) is 5.26 Å². The van der Waals surface area contributed by atoms with Crippen molar-refractivity contribution in [3.8, 4) is 6.07 Å². The first-order valence-corrected chi connectivity index (χ1v) is 5.71. The average molecular weight is 215 g/mol. The molecular formula is C13H17N3. The van der Waals surface area contributed by atoms with Gasteiger partial charge in [-0.3, -0.25) is 0 Å². The molecule has 3 nitrogen and oxygen atoms in total. The summed E-state index contributed by atoms with van der Waals surface area (Å²) in [5, 5.41) is 12.3. The number of nitrogens with one attached hydrogen (secondary N) is 1. The highest BCUT2D eigenvalue weighted by Gasteiger charge is 2.23. The highest BCUT2D eigenvalue weighted by molar-refractivity contribution is 5.72. The van der Waals surface area contributed by atoms with Gasteiger partial charge in [-0.15, -0.1) is 0 Å². The zero-order chi connectivity index (χ0) is 11.5. The van der Waals surface area contributed by atoms with Crippen molar-refractivity contribution < 1.29 is 0 Å². The summed E-state index contributed by atoms with van der Waals surface area (Å²) in [6.07, 6.45) is 0. The molecule has 0 aliphatic carbocycles. The SMILES string of the molecule is CC(C#N)CN1c2ccccc2NCC1C. The van der Waals surface area contributed by atoms with Gasteiger partial charge in [-0.25, -0.2) is 0 Å². The normalized spacial score (nSPS) is 20.6. The topological polar surface area (TPSA) is 39.1 Å². The van der Waals surface area contributed by atoms with Crippen LogP contribution < -0.4 is 10.2 Å². The number of hydrogen-bond acceptors (Lipinski definition) is 3. The number of fused-ring (bicyclic) bond motifs is 1. The van der Waals surface area contributed by atoms with Crippen molar-refractivity contribution in [3.05, 3.63) is 24.3 Å². The number of anilines is 2. The molecule has 1 aliphatic rings. The molecule has 0 saturated carbocycles. The molecule has 1 aliphatic heterocycles. The van der Waals surface area contributed by atoms with Gasteiger partial charge in [0.25, 0.3) is 0 Å². The molecule has 3 heteroatoms. The third-order valence-corrected chi connectivity index (χ3v) is 3.02. The minimum Gasteiger partial charge on any atom is -0.381 e. The van der Waals surface area contributed by atoms with Crippen molar-refractivity contribution in [1.29, 1.82) is 5.26 Å².